The number of methoxy groups -OCH3 is 1. The van der Waals surface area contributed by atoms with Crippen LogP contribution in [0.5, 0.6) is 0 Å². The third kappa shape index (κ3) is 5.37. The number of guanidine groups is 1. The number of ether oxygens (including phenoxy) is 1. The van der Waals surface area contributed by atoms with Crippen LogP contribution in [0.15, 0.2) is 35.6 Å². The van der Waals surface area contributed by atoms with E-state index in [1.165, 1.54) is 0 Å². The summed E-state index contributed by atoms with van der Waals surface area (Å²) in [5.41, 5.74) is 2.30. The molecular weight excluding hydrogens is 292 g/mol. The molecule has 0 radical (unpaired) electrons. The summed E-state index contributed by atoms with van der Waals surface area (Å²) in [4.78, 5) is 8.80. The second-order valence-electron chi connectivity index (χ2n) is 5.10. The molecule has 124 valence electrons. The van der Waals surface area contributed by atoms with Crippen LogP contribution in [0.1, 0.15) is 23.9 Å². The van der Waals surface area contributed by atoms with Crippen molar-refractivity contribution < 1.29 is 4.74 Å². The predicted octanol–water partition coefficient (Wildman–Crippen LogP) is 1.22. The molecule has 2 N–H and O–H groups in total. The third-order valence-corrected chi connectivity index (χ3v) is 3.29. The summed E-state index contributed by atoms with van der Waals surface area (Å²) in [7, 11) is 3.57. The number of hydrogen-bond donors (Lipinski definition) is 2. The first-order valence-corrected chi connectivity index (χ1v) is 7.64. The van der Waals surface area contributed by atoms with E-state index in [0.717, 1.165) is 29.5 Å². The SMILES string of the molecule is CCNC(=NCc1cccc(COC)c1)NCc1ncnn1C. The molecule has 7 heteroatoms. The molecule has 0 unspecified atom stereocenters. The Hall–Kier alpha value is -2.41. The smallest absolute Gasteiger partial charge is 0.191 e. The maximum absolute atomic E-state index is 5.16. The van der Waals surface area contributed by atoms with Gasteiger partial charge in [-0.2, -0.15) is 5.10 Å². The van der Waals surface area contributed by atoms with Gasteiger partial charge in [-0.15, -0.1) is 0 Å². The van der Waals surface area contributed by atoms with E-state index < -0.39 is 0 Å². The minimum atomic E-state index is 0.575. The molecule has 0 aliphatic rings. The number of hydrogen-bond acceptors (Lipinski definition) is 4. The van der Waals surface area contributed by atoms with E-state index in [1.54, 1.807) is 18.1 Å². The number of benzene rings is 1. The largest absolute Gasteiger partial charge is 0.380 e. The van der Waals surface area contributed by atoms with Crippen LogP contribution in [0.3, 0.4) is 0 Å². The molecule has 2 aromatic rings. The second-order valence-corrected chi connectivity index (χ2v) is 5.10. The Bertz CT molecular complexity index is 637. The van der Waals surface area contributed by atoms with E-state index in [4.69, 9.17) is 4.74 Å². The van der Waals surface area contributed by atoms with E-state index in [-0.39, 0.29) is 0 Å². The van der Waals surface area contributed by atoms with Gasteiger partial charge in [-0.05, 0) is 18.1 Å². The molecular formula is C16H24N6O. The summed E-state index contributed by atoms with van der Waals surface area (Å²) in [6, 6.07) is 8.25. The van der Waals surface area contributed by atoms with Crippen molar-refractivity contribution in [2.24, 2.45) is 12.0 Å². The number of nitrogens with one attached hydrogen (secondary N) is 2. The Morgan fingerprint density at radius 3 is 2.83 bits per heavy atom. The quantitative estimate of drug-likeness (QED) is 0.593. The maximum atomic E-state index is 5.16. The molecule has 0 amide bonds. The summed E-state index contributed by atoms with van der Waals surface area (Å²) in [6.07, 6.45) is 1.54. The van der Waals surface area contributed by atoms with Crippen molar-refractivity contribution in [1.29, 1.82) is 0 Å². The van der Waals surface area contributed by atoms with Crippen LogP contribution in [0, 0.1) is 0 Å². The number of aryl methyl sites for hydroxylation is 1. The lowest BCUT2D eigenvalue weighted by atomic mass is 10.1. The summed E-state index contributed by atoms with van der Waals surface area (Å²) in [5.74, 6) is 1.62. The maximum Gasteiger partial charge on any atom is 0.191 e. The zero-order chi connectivity index (χ0) is 16.5. The van der Waals surface area contributed by atoms with E-state index in [0.29, 0.717) is 19.7 Å². The first-order chi connectivity index (χ1) is 11.2. The lowest BCUT2D eigenvalue weighted by molar-refractivity contribution is 0.185. The standard InChI is InChI=1S/C16H24N6O/c1-4-17-16(19-10-15-20-12-21-22(15)2)18-9-13-6-5-7-14(8-13)11-23-3/h5-8,12H,4,9-11H2,1-3H3,(H2,17,18,19). The van der Waals surface area contributed by atoms with Gasteiger partial charge in [-0.25, -0.2) is 9.98 Å². The molecule has 0 saturated heterocycles. The lowest BCUT2D eigenvalue weighted by Gasteiger charge is -2.11. The fraction of sp³-hybridized carbons (Fsp3) is 0.438. The minimum absolute atomic E-state index is 0.575. The van der Waals surface area contributed by atoms with E-state index >= 15 is 0 Å². The van der Waals surface area contributed by atoms with Crippen LogP contribution >= 0.6 is 0 Å². The number of aromatic nitrogens is 3. The molecule has 1 aromatic carbocycles. The number of rotatable bonds is 7. The van der Waals surface area contributed by atoms with Crippen molar-refractivity contribution in [2.75, 3.05) is 13.7 Å². The topological polar surface area (TPSA) is 76.4 Å². The highest BCUT2D eigenvalue weighted by atomic mass is 16.5. The number of nitrogens with zero attached hydrogens (tertiary/aromatic N) is 4. The summed E-state index contributed by atoms with van der Waals surface area (Å²) in [5, 5.41) is 10.6. The van der Waals surface area contributed by atoms with Crippen LogP contribution in [0.4, 0.5) is 0 Å². The van der Waals surface area contributed by atoms with Gasteiger partial charge in [0.15, 0.2) is 5.96 Å². The summed E-state index contributed by atoms with van der Waals surface area (Å²) < 4.78 is 6.90. The third-order valence-electron chi connectivity index (χ3n) is 3.29. The fourth-order valence-corrected chi connectivity index (χ4v) is 2.14. The van der Waals surface area contributed by atoms with Gasteiger partial charge in [0.05, 0.1) is 19.7 Å². The molecule has 0 bridgehead atoms. The molecule has 23 heavy (non-hydrogen) atoms. The minimum Gasteiger partial charge on any atom is -0.380 e. The van der Waals surface area contributed by atoms with Crippen molar-refractivity contribution in [3.63, 3.8) is 0 Å². The van der Waals surface area contributed by atoms with Gasteiger partial charge >= 0.3 is 0 Å². The highest BCUT2D eigenvalue weighted by Gasteiger charge is 2.03. The molecule has 0 atom stereocenters. The molecule has 7 nitrogen and oxygen atoms in total. The molecule has 0 fully saturated rings. The van der Waals surface area contributed by atoms with Crippen LogP contribution in [0.2, 0.25) is 0 Å². The Labute approximate surface area is 136 Å². The van der Waals surface area contributed by atoms with Crippen LogP contribution in [-0.2, 0) is 31.5 Å². The second kappa shape index (κ2) is 8.89. The molecule has 2 rings (SSSR count). The summed E-state index contributed by atoms with van der Waals surface area (Å²) >= 11 is 0. The van der Waals surface area contributed by atoms with Crippen molar-refractivity contribution in [2.45, 2.75) is 26.6 Å². The normalized spacial score (nSPS) is 11.5. The van der Waals surface area contributed by atoms with Gasteiger partial charge < -0.3 is 15.4 Å². The lowest BCUT2D eigenvalue weighted by Crippen LogP contribution is -2.37. The fourth-order valence-electron chi connectivity index (χ4n) is 2.14. The first kappa shape index (κ1) is 17.0. The summed E-state index contributed by atoms with van der Waals surface area (Å²) in [6.45, 7) is 4.63. The molecule has 1 aromatic heterocycles. The van der Waals surface area contributed by atoms with E-state index in [1.807, 2.05) is 26.1 Å². The Kier molecular flexibility index (Phi) is 6.56. The monoisotopic (exact) mass is 316 g/mol. The molecule has 0 aliphatic carbocycles. The van der Waals surface area contributed by atoms with Gasteiger partial charge in [-0.3, -0.25) is 4.68 Å². The molecule has 1 heterocycles. The zero-order valence-corrected chi connectivity index (χ0v) is 13.9. The van der Waals surface area contributed by atoms with Crippen molar-refractivity contribution in [3.8, 4) is 0 Å². The molecule has 0 spiro atoms. The van der Waals surface area contributed by atoms with Crippen molar-refractivity contribution >= 4 is 5.96 Å². The average Bonchev–Trinajstić information content (AvgIpc) is 2.96. The molecule has 0 saturated carbocycles. The van der Waals surface area contributed by atoms with Gasteiger partial charge in [-0.1, -0.05) is 24.3 Å². The number of aliphatic imine (C=N–C) groups is 1. The zero-order valence-electron chi connectivity index (χ0n) is 13.9. The first-order valence-electron chi connectivity index (χ1n) is 7.64. The Balaban J connectivity index is 1.97. The van der Waals surface area contributed by atoms with E-state index in [2.05, 4.69) is 37.8 Å². The van der Waals surface area contributed by atoms with Gasteiger partial charge in [0.1, 0.15) is 12.2 Å². The Morgan fingerprint density at radius 2 is 2.13 bits per heavy atom. The highest BCUT2D eigenvalue weighted by molar-refractivity contribution is 5.79. The van der Waals surface area contributed by atoms with Crippen LogP contribution < -0.4 is 10.6 Å². The van der Waals surface area contributed by atoms with Crippen LogP contribution in [0.25, 0.3) is 0 Å². The Morgan fingerprint density at radius 1 is 1.30 bits per heavy atom. The van der Waals surface area contributed by atoms with Crippen molar-refractivity contribution in [3.05, 3.63) is 47.5 Å². The highest BCUT2D eigenvalue weighted by Crippen LogP contribution is 2.07. The predicted molar refractivity (Wildman–Crippen MR) is 89.8 cm³/mol. The van der Waals surface area contributed by atoms with Gasteiger partial charge in [0, 0.05) is 20.7 Å². The van der Waals surface area contributed by atoms with Crippen molar-refractivity contribution in [1.82, 2.24) is 25.4 Å². The van der Waals surface area contributed by atoms with E-state index in [9.17, 15) is 0 Å². The van der Waals surface area contributed by atoms with Gasteiger partial charge in [0.2, 0.25) is 0 Å². The average molecular weight is 316 g/mol. The van der Waals surface area contributed by atoms with Crippen LogP contribution in [-0.4, -0.2) is 34.4 Å². The molecule has 0 aliphatic heterocycles. The van der Waals surface area contributed by atoms with Gasteiger partial charge in [0.25, 0.3) is 0 Å².